The molecule has 5 aromatic heterocycles. The molecule has 8 fully saturated rings. The summed E-state index contributed by atoms with van der Waals surface area (Å²) in [5, 5.41) is 31.7. The van der Waals surface area contributed by atoms with Gasteiger partial charge in [0.15, 0.2) is 6.29 Å². The number of carbonyl (C=O) groups excluding carboxylic acids is 1. The van der Waals surface area contributed by atoms with Crippen LogP contribution in [0.5, 0.6) is 0 Å². The SMILES string of the molecule is C.C1CCOC1.C1CCOC1.C[CH-]C.Cn1ccc2[c-]cccc2c1=O.Cn1ccc2c(C(O)c3cn(C45CC(C4)C5)nn3)cccc2c1=O.Cn1ccc2c(I)cccc2c1=O.O=Cc1cn(C23CC(C2)C3)nn1.[Cl-].[Cl-].[Cl-].[Li+].[Mg+2].[Mg+2]. The van der Waals surface area contributed by atoms with E-state index >= 15 is 0 Å². The smallest absolute Gasteiger partial charge is 1.00 e. The molecule has 8 aromatic rings. The van der Waals surface area contributed by atoms with Gasteiger partial charge >= 0.3 is 65.0 Å². The molecular weight excluding hydrogens is 1220 g/mol. The summed E-state index contributed by atoms with van der Waals surface area (Å²) in [4.78, 5) is 45.7. The van der Waals surface area contributed by atoms with Crippen molar-refractivity contribution >= 4 is 107 Å². The molecule has 0 amide bonds. The first-order valence-corrected chi connectivity index (χ1v) is 26.5. The Hall–Kier alpha value is -3.15. The molecule has 3 aromatic carbocycles. The minimum Gasteiger partial charge on any atom is -1.00 e. The van der Waals surface area contributed by atoms with E-state index in [4.69, 9.17) is 9.47 Å². The van der Waals surface area contributed by atoms with Gasteiger partial charge in [0.25, 0.3) is 11.1 Å². The number of aliphatic hydroxyl groups is 1. The largest absolute Gasteiger partial charge is 2.00 e. The molecule has 2 saturated heterocycles. The van der Waals surface area contributed by atoms with E-state index in [-0.39, 0.29) is 137 Å². The van der Waals surface area contributed by atoms with E-state index in [1.54, 1.807) is 67.2 Å². The normalized spacial score (nSPS) is 19.6. The first-order valence-electron chi connectivity index (χ1n) is 25.5. The Kier molecular flexibility index (Phi) is 33.1. The van der Waals surface area contributed by atoms with Crippen LogP contribution in [0.15, 0.2) is 118 Å². The van der Waals surface area contributed by atoms with Crippen molar-refractivity contribution in [2.24, 2.45) is 33.0 Å². The van der Waals surface area contributed by atoms with Crippen LogP contribution >= 0.6 is 22.6 Å². The van der Waals surface area contributed by atoms with E-state index in [0.29, 0.717) is 22.3 Å². The van der Waals surface area contributed by atoms with Crippen LogP contribution in [0, 0.1) is 27.9 Å². The number of halogens is 4. The molecule has 1 N–H and O–H groups in total. The third-order valence-electron chi connectivity index (χ3n) is 14.5. The van der Waals surface area contributed by atoms with Crippen molar-refractivity contribution in [3.63, 3.8) is 0 Å². The minimum absolute atomic E-state index is 0. The average Bonchev–Trinajstić information content (AvgIpc) is 4.23. The molecule has 0 spiro atoms. The predicted molar refractivity (Wildman–Crippen MR) is 313 cm³/mol. The Morgan fingerprint density at radius 2 is 1.07 bits per heavy atom. The Morgan fingerprint density at radius 1 is 0.642 bits per heavy atom. The maximum atomic E-state index is 12.3. The maximum Gasteiger partial charge on any atom is 2.00 e. The van der Waals surface area contributed by atoms with Gasteiger partial charge in [0.1, 0.15) is 17.5 Å². The number of aromatic nitrogens is 9. The van der Waals surface area contributed by atoms with Gasteiger partial charge in [-0.1, -0.05) is 36.1 Å². The Morgan fingerprint density at radius 3 is 1.53 bits per heavy atom. The van der Waals surface area contributed by atoms with Crippen molar-refractivity contribution in [1.82, 2.24) is 43.7 Å². The Balaban J connectivity index is 0.000000504. The standard InChI is InChI=1S/C18H18N4O2.C10H8INO.C10H8NO.C8H9N3O.2C4H8O.C3H7.CH4.3ClH.Li.2Mg/c1-21-6-5-12-13(3-2-4-14(12)17(21)24)16(23)15-10-22(20-19-15)18-7-11(8-18)9-18;1-12-6-5-7-8(10(12)13)3-2-4-9(7)11;1-11-7-6-8-4-2-3-5-9(8)10(11)12;12-5-7-4-11(10-9-7)8-1-6(2-8)3-8;2*1-2-4-5-3-1;1-3-2;;;;;;;/h2-6,10-11,16,23H,7-9H2,1H3;2-6H,1H3;2-3,5-7H,1H3;4-6H,1-3H2;2*1-4H2;3H,1-2H3;1H4;3*1H;;;/q;;-1;;;;-1;;;;;+1;2*+2/p-3. The van der Waals surface area contributed by atoms with Crippen LogP contribution < -0.4 is 72.8 Å². The molecule has 16 nitrogen and oxygen atoms in total. The van der Waals surface area contributed by atoms with Gasteiger partial charge in [-0.3, -0.25) is 19.2 Å². The van der Waals surface area contributed by atoms with Crippen LogP contribution in [0.1, 0.15) is 113 Å². The van der Waals surface area contributed by atoms with Crippen LogP contribution in [0.2, 0.25) is 0 Å². The molecule has 422 valence electrons. The number of carbonyl (C=O) groups is 1. The summed E-state index contributed by atoms with van der Waals surface area (Å²) in [6.07, 6.45) is 23.1. The van der Waals surface area contributed by atoms with Gasteiger partial charge in [0.05, 0.1) is 23.5 Å². The summed E-state index contributed by atoms with van der Waals surface area (Å²) in [6, 6.07) is 25.4. The van der Waals surface area contributed by atoms with E-state index in [0.717, 1.165) is 75.1 Å². The number of rotatable bonds is 5. The first-order chi connectivity index (χ1) is 35.8. The van der Waals surface area contributed by atoms with Gasteiger partial charge in [0.2, 0.25) is 5.56 Å². The number of fused-ring (bicyclic) bond motifs is 3. The van der Waals surface area contributed by atoms with Crippen LogP contribution in [-0.4, -0.2) is 128 Å². The molecule has 7 heterocycles. The number of ether oxygens (including phenoxy) is 2. The fourth-order valence-corrected chi connectivity index (χ4v) is 10.7. The average molecular weight is 1290 g/mol. The van der Waals surface area contributed by atoms with Gasteiger partial charge < -0.3 is 71.9 Å². The molecule has 81 heavy (non-hydrogen) atoms. The van der Waals surface area contributed by atoms with Crippen molar-refractivity contribution in [2.45, 2.75) is 103 Å². The summed E-state index contributed by atoms with van der Waals surface area (Å²) in [6.45, 7) is 8.00. The van der Waals surface area contributed by atoms with Gasteiger partial charge in [-0.25, -0.2) is 9.36 Å². The zero-order chi connectivity index (χ0) is 52.4. The molecule has 8 aliphatic rings. The third kappa shape index (κ3) is 18.0. The zero-order valence-corrected chi connectivity index (χ0v) is 53.7. The second kappa shape index (κ2) is 35.3. The van der Waals surface area contributed by atoms with E-state index in [9.17, 15) is 24.3 Å². The molecule has 2 aliphatic heterocycles. The molecule has 0 radical (unpaired) electrons. The van der Waals surface area contributed by atoms with E-state index in [1.165, 1.54) is 68.8 Å². The summed E-state index contributed by atoms with van der Waals surface area (Å²) >= 11 is 2.24. The predicted octanol–water partition coefficient (Wildman–Crippen LogP) is -3.48. The van der Waals surface area contributed by atoms with Crippen LogP contribution in [0.25, 0.3) is 32.3 Å². The number of nitrogens with zero attached hydrogens (tertiary/aromatic N) is 9. The summed E-state index contributed by atoms with van der Waals surface area (Å²) in [5.74, 6) is 1.78. The Bertz CT molecular complexity index is 3350. The zero-order valence-electron chi connectivity index (χ0n) is 46.4. The second-order valence-corrected chi connectivity index (χ2v) is 21.2. The summed E-state index contributed by atoms with van der Waals surface area (Å²) < 4.78 is 19.5. The number of hydrogen-bond acceptors (Lipinski definition) is 11. The monoisotopic (exact) mass is 1290 g/mol. The number of aliphatic hydroxyl groups excluding tert-OH is 1. The molecule has 1 unspecified atom stereocenters. The summed E-state index contributed by atoms with van der Waals surface area (Å²) in [5.41, 5.74) is 2.12. The van der Waals surface area contributed by atoms with Crippen molar-refractivity contribution in [1.29, 1.82) is 0 Å². The van der Waals surface area contributed by atoms with Gasteiger partial charge in [0, 0.05) is 79.7 Å². The molecule has 23 heteroatoms. The topological polar surface area (TPSA) is 183 Å². The first kappa shape index (κ1) is 75.9. The maximum absolute atomic E-state index is 12.3. The van der Waals surface area contributed by atoms with E-state index in [1.807, 2.05) is 96.5 Å². The van der Waals surface area contributed by atoms with Crippen LogP contribution in [-0.2, 0) is 41.7 Å². The van der Waals surface area contributed by atoms with E-state index in [2.05, 4.69) is 49.3 Å². The molecule has 16 rings (SSSR count). The van der Waals surface area contributed by atoms with E-state index < -0.39 is 6.10 Å². The second-order valence-electron chi connectivity index (χ2n) is 20.0. The number of benzene rings is 3. The fourth-order valence-electron chi connectivity index (χ4n) is 10.00. The molecule has 4 bridgehead atoms. The fraction of sp³-hybridized carbons (Fsp3) is 0.431. The number of pyridine rings is 3. The van der Waals surface area contributed by atoms with Gasteiger partial charge in [-0.15, -0.1) is 45.9 Å². The molecule has 6 saturated carbocycles. The Labute approximate surface area is 551 Å². The number of aldehydes is 1. The number of hydrogen-bond donors (Lipinski definition) is 1. The molecule has 1 atom stereocenters. The summed E-state index contributed by atoms with van der Waals surface area (Å²) in [7, 11) is 5.23. The number of aryl methyl sites for hydroxylation is 3. The quantitative estimate of drug-likeness (QED) is 0.0783. The van der Waals surface area contributed by atoms with Crippen molar-refractivity contribution < 1.29 is 75.5 Å². The van der Waals surface area contributed by atoms with Gasteiger partial charge in [-0.2, -0.15) is 13.8 Å². The van der Waals surface area contributed by atoms with Crippen molar-refractivity contribution in [3.05, 3.63) is 168 Å². The molecule has 6 aliphatic carbocycles. The van der Waals surface area contributed by atoms with Crippen LogP contribution in [0.3, 0.4) is 0 Å². The van der Waals surface area contributed by atoms with Gasteiger partial charge in [-0.05, 0) is 151 Å². The minimum atomic E-state index is -0.887. The molecular formula is C58H70Cl3ILiMg2N9O7. The van der Waals surface area contributed by atoms with Crippen LogP contribution in [0.4, 0.5) is 0 Å². The third-order valence-corrected chi connectivity index (χ3v) is 15.4. The van der Waals surface area contributed by atoms with Crippen molar-refractivity contribution in [3.8, 4) is 0 Å². The van der Waals surface area contributed by atoms with Crippen molar-refractivity contribution in [2.75, 3.05) is 26.4 Å².